The van der Waals surface area contributed by atoms with Crippen molar-refractivity contribution in [3.63, 3.8) is 0 Å². The fourth-order valence-electron chi connectivity index (χ4n) is 15.5. The number of carbonyl (C=O) groups is 5. The normalized spacial score (nSPS) is 24.3. The van der Waals surface area contributed by atoms with Crippen molar-refractivity contribution in [2.45, 2.75) is 195 Å². The molecule has 26 heteroatoms. The van der Waals surface area contributed by atoms with Gasteiger partial charge in [0.2, 0.25) is 9.79 Å². The molecule has 15 rings (SSSR count). The minimum Gasteiger partial charge on any atom is -0.744 e. The first-order chi connectivity index (χ1) is 50.2. The molecule has 8 aliphatic rings. The predicted molar refractivity (Wildman–Crippen MR) is 385 cm³/mol. The van der Waals surface area contributed by atoms with Crippen LogP contribution in [0.3, 0.4) is 0 Å². The van der Waals surface area contributed by atoms with Crippen LogP contribution in [0.4, 0.5) is 22.0 Å². The topological polar surface area (TPSA) is 255 Å². The smallest absolute Gasteiger partial charge is 0.432 e. The average molecular weight is 1550 g/mol. The lowest BCUT2D eigenvalue weighted by Crippen LogP contribution is -2.62. The molecule has 0 aromatic heterocycles. The second kappa shape index (κ2) is 30.7. The average Bonchev–Trinajstić information content (AvgIpc) is 1.70. The third-order valence-corrected chi connectivity index (χ3v) is 27.7. The predicted octanol–water partition coefficient (Wildman–Crippen LogP) is 16.5. The molecule has 7 aromatic carbocycles. The second-order valence-corrected chi connectivity index (χ2v) is 37.5. The Morgan fingerprint density at radius 1 is 0.607 bits per heavy atom. The van der Waals surface area contributed by atoms with Crippen molar-refractivity contribution in [3.8, 4) is 17.2 Å². The number of benzene rings is 7. The molecule has 0 amide bonds. The molecule has 17 nitrogen and oxygen atoms in total. The highest BCUT2D eigenvalue weighted by atomic mass is 32.2. The molecule has 6 bridgehead atoms. The zero-order valence-electron chi connectivity index (χ0n) is 60.4. The van der Waals surface area contributed by atoms with E-state index >= 15 is 0 Å². The van der Waals surface area contributed by atoms with Crippen LogP contribution in [-0.2, 0) is 90.4 Å². The standard InChI is InChI=1S/C22H23S.C21H24O9S.C20H27F5O7S.C18H13OS/c1-22(2,3)18-14-16-21(17-15-18)23(19-10-6-4-7-11-19)20-12-8-5-9-13-20;1-4-21(2,3)20(24)30-17-13-9-12-15(19(23)29-16(12)17)14(13)18(22)28-10-5-7-11(8-6-10)31(25,26)27;1-4-16(2,3)14(26)32-18-8-11-5-12(9-18)7-17(6-11,10-18)15(27)31-13(19(21,22)23)20(24,25)33(28,29)30;1-2-8-14(9-3-1)20-17-12-6-4-10-15(17)19-16-11-5-7-13-18(16)20/h4-17H,1-3H3;5-8,12-17H,4,9H2,1-3H3,(H,25,26,27);11-13H,4-10H2,1-3H3,(H,28,29,30);1-13H/q+1;;;+1/p-2. The van der Waals surface area contributed by atoms with Crippen LogP contribution in [-0.4, -0.2) is 91.1 Å². The molecule has 1 saturated heterocycles. The van der Waals surface area contributed by atoms with Crippen LogP contribution in [0.15, 0.2) is 222 Å². The molecule has 2 heterocycles. The number of hydrogen-bond acceptors (Lipinski definition) is 17. The van der Waals surface area contributed by atoms with E-state index in [1.54, 1.807) is 34.6 Å². The van der Waals surface area contributed by atoms with E-state index in [1.165, 1.54) is 47.1 Å². The number of para-hydroxylation sites is 2. The first-order valence-electron chi connectivity index (χ1n) is 35.3. The lowest BCUT2D eigenvalue weighted by Gasteiger charge is -2.60. The van der Waals surface area contributed by atoms with Crippen LogP contribution in [0.1, 0.15) is 126 Å². The van der Waals surface area contributed by atoms with Gasteiger partial charge >= 0.3 is 41.3 Å². The Labute approximate surface area is 626 Å². The summed E-state index contributed by atoms with van der Waals surface area (Å²) in [6, 6.07) is 62.5. The van der Waals surface area contributed by atoms with E-state index < -0.39 is 124 Å². The minimum atomic E-state index is -6.78. The molecule has 9 unspecified atom stereocenters. The number of rotatable bonds is 17. The minimum absolute atomic E-state index is 0.0408. The summed E-state index contributed by atoms with van der Waals surface area (Å²) in [6.45, 7) is 17.3. The van der Waals surface area contributed by atoms with Crippen LogP contribution in [0.5, 0.6) is 17.2 Å². The number of esters is 5. The third-order valence-electron chi connectivity index (χ3n) is 21.4. The molecular weight excluding hydrogens is 1470 g/mol. The van der Waals surface area contributed by atoms with Crippen LogP contribution in [0.2, 0.25) is 0 Å². The monoisotopic (exact) mass is 1550 g/mol. The Morgan fingerprint density at radius 2 is 1.09 bits per heavy atom. The molecule has 7 fully saturated rings. The summed E-state index contributed by atoms with van der Waals surface area (Å²) in [5, 5.41) is -5.90. The lowest BCUT2D eigenvalue weighted by atomic mass is 9.48. The van der Waals surface area contributed by atoms with Gasteiger partial charge in [0.05, 0.1) is 43.9 Å². The summed E-state index contributed by atoms with van der Waals surface area (Å²) in [7, 11) is -11.5. The number of carbonyl (C=O) groups excluding carboxylic acids is 5. The Balaban J connectivity index is 0.000000145. The Kier molecular flexibility index (Phi) is 22.9. The van der Waals surface area contributed by atoms with Crippen LogP contribution >= 0.6 is 0 Å². The lowest BCUT2D eigenvalue weighted by molar-refractivity contribution is -0.270. The summed E-state index contributed by atoms with van der Waals surface area (Å²) in [5.74, 6) is -4.31. The molecule has 107 heavy (non-hydrogen) atoms. The molecule has 6 saturated carbocycles. The number of hydrogen-bond donors (Lipinski definition) is 0. The van der Waals surface area contributed by atoms with Crippen molar-refractivity contribution in [2.24, 2.45) is 51.8 Å². The van der Waals surface area contributed by atoms with Gasteiger partial charge in [0, 0.05) is 18.3 Å². The van der Waals surface area contributed by atoms with Gasteiger partial charge in [-0.1, -0.05) is 126 Å². The van der Waals surface area contributed by atoms with Crippen molar-refractivity contribution in [1.82, 2.24) is 0 Å². The Morgan fingerprint density at radius 3 is 1.58 bits per heavy atom. The van der Waals surface area contributed by atoms with Crippen molar-refractivity contribution in [3.05, 3.63) is 194 Å². The van der Waals surface area contributed by atoms with Crippen molar-refractivity contribution >= 4 is 71.9 Å². The quantitative estimate of drug-likeness (QED) is 0.0205. The first kappa shape index (κ1) is 79.9. The van der Waals surface area contributed by atoms with Gasteiger partial charge in [-0.2, -0.15) is 22.0 Å². The number of fused-ring (bicyclic) bond motifs is 3. The van der Waals surface area contributed by atoms with E-state index in [2.05, 4.69) is 165 Å². The molecule has 6 aliphatic carbocycles. The fourth-order valence-corrected chi connectivity index (χ4v) is 20.7. The number of halogens is 5. The van der Waals surface area contributed by atoms with E-state index in [9.17, 15) is 71.9 Å². The van der Waals surface area contributed by atoms with E-state index in [1.807, 2.05) is 31.2 Å². The highest BCUT2D eigenvalue weighted by Crippen LogP contribution is 2.64. The van der Waals surface area contributed by atoms with Gasteiger partial charge in [-0.25, -0.2) is 16.8 Å². The molecule has 7 aromatic rings. The van der Waals surface area contributed by atoms with Crippen LogP contribution in [0, 0.1) is 51.8 Å². The molecule has 9 atom stereocenters. The van der Waals surface area contributed by atoms with Crippen molar-refractivity contribution < 1.29 is 100 Å². The zero-order chi connectivity index (χ0) is 77.6. The van der Waals surface area contributed by atoms with Crippen LogP contribution in [0.25, 0.3) is 0 Å². The second-order valence-electron chi connectivity index (χ2n) is 30.7. The Bertz CT molecular complexity index is 4530. The van der Waals surface area contributed by atoms with Gasteiger partial charge in [-0.15, -0.1) is 0 Å². The van der Waals surface area contributed by atoms with Gasteiger partial charge < -0.3 is 37.5 Å². The molecule has 2 aliphatic heterocycles. The molecule has 570 valence electrons. The molecular formula is C81H85F5O17S4. The Hall–Kier alpha value is -8.14. The molecule has 0 radical (unpaired) electrons. The summed E-state index contributed by atoms with van der Waals surface area (Å²) in [5.41, 5.74) is -2.77. The van der Waals surface area contributed by atoms with Crippen molar-refractivity contribution in [2.75, 3.05) is 0 Å². The molecule has 0 N–H and O–H groups in total. The van der Waals surface area contributed by atoms with Gasteiger partial charge in [0.1, 0.15) is 44.6 Å². The van der Waals surface area contributed by atoms with Crippen molar-refractivity contribution in [1.29, 1.82) is 0 Å². The van der Waals surface area contributed by atoms with Gasteiger partial charge in [0.15, 0.2) is 41.2 Å². The first-order valence-corrected chi connectivity index (χ1v) is 40.6. The van der Waals surface area contributed by atoms with Gasteiger partial charge in [0.25, 0.3) is 6.10 Å². The molecule has 0 spiro atoms. The maximum absolute atomic E-state index is 13.9. The fraction of sp³-hybridized carbons (Fsp3) is 0.420. The highest BCUT2D eigenvalue weighted by molar-refractivity contribution is 7.97. The number of ether oxygens (including phenoxy) is 6. The summed E-state index contributed by atoms with van der Waals surface area (Å²) < 4.78 is 166. The van der Waals surface area contributed by atoms with E-state index in [0.29, 0.717) is 38.5 Å². The van der Waals surface area contributed by atoms with Crippen LogP contribution < -0.4 is 9.47 Å². The zero-order valence-corrected chi connectivity index (χ0v) is 63.7. The van der Waals surface area contributed by atoms with Gasteiger partial charge in [-0.05, 0) is 199 Å². The number of alkyl halides is 5. The summed E-state index contributed by atoms with van der Waals surface area (Å²) in [4.78, 5) is 71.1. The summed E-state index contributed by atoms with van der Waals surface area (Å²) in [6.07, 6.45) is -8.89. The van der Waals surface area contributed by atoms with E-state index in [-0.39, 0.29) is 70.0 Å². The third kappa shape index (κ3) is 17.0. The summed E-state index contributed by atoms with van der Waals surface area (Å²) >= 11 is 0. The van der Waals surface area contributed by atoms with Gasteiger partial charge in [-0.3, -0.25) is 24.0 Å². The maximum Gasteiger partial charge on any atom is 0.432 e. The van der Waals surface area contributed by atoms with E-state index in [4.69, 9.17) is 23.7 Å². The SMILES string of the molecule is CC(C)(C)c1ccc([S+](c2ccccc2)c2ccccc2)cc1.CCC(C)(C)C(=O)OC12CC3CC(C1)CC(C(=O)OC(C(F)(F)F)C(F)(F)S(=O)(=O)[O-])(C3)C2.CCC(C)(C)C(=O)OC1C2CC3C1OC(=O)C3C2C(=O)Oc1ccc(S(=O)(=O)[O-])cc1.c1ccc([S+]2c3ccccc3Oc3ccccc32)cc1. The largest absolute Gasteiger partial charge is 0.744 e. The van der Waals surface area contributed by atoms with E-state index in [0.717, 1.165) is 23.6 Å². The maximum atomic E-state index is 13.9. The highest BCUT2D eigenvalue weighted by Gasteiger charge is 2.71.